The van der Waals surface area contributed by atoms with Crippen molar-refractivity contribution in [3.63, 3.8) is 0 Å². The Labute approximate surface area is 196 Å². The van der Waals surface area contributed by atoms with Crippen LogP contribution < -0.4 is 21.1 Å². The first kappa shape index (κ1) is 22.8. The Hall–Kier alpha value is -4.40. The molecular formula is C25H25N5O4. The van der Waals surface area contributed by atoms with Gasteiger partial charge in [0.1, 0.15) is 12.3 Å². The van der Waals surface area contributed by atoms with Gasteiger partial charge in [-0.1, -0.05) is 26.0 Å². The zero-order chi connectivity index (χ0) is 24.2. The number of benzene rings is 2. The second-order valence-corrected chi connectivity index (χ2v) is 8.10. The number of nitrogens with one attached hydrogen (secondary N) is 2. The number of methoxy groups -OCH3 is 1. The van der Waals surface area contributed by atoms with E-state index in [-0.39, 0.29) is 23.9 Å². The number of hydrogen-bond acceptors (Lipinski definition) is 5. The molecule has 0 aliphatic rings. The second kappa shape index (κ2) is 9.62. The maximum atomic E-state index is 12.8. The summed E-state index contributed by atoms with van der Waals surface area (Å²) >= 11 is 0. The van der Waals surface area contributed by atoms with E-state index in [0.29, 0.717) is 28.7 Å². The first-order valence-electron chi connectivity index (χ1n) is 10.8. The van der Waals surface area contributed by atoms with Gasteiger partial charge >= 0.3 is 5.69 Å². The molecule has 2 amide bonds. The van der Waals surface area contributed by atoms with E-state index < -0.39 is 5.69 Å². The number of rotatable bonds is 7. The van der Waals surface area contributed by atoms with E-state index in [4.69, 9.17) is 4.74 Å². The number of pyridine rings is 1. The fourth-order valence-corrected chi connectivity index (χ4v) is 3.45. The maximum Gasteiger partial charge on any atom is 0.350 e. The van der Waals surface area contributed by atoms with Crippen LogP contribution >= 0.6 is 0 Å². The number of nitrogens with zero attached hydrogens (tertiary/aromatic N) is 3. The molecule has 0 saturated heterocycles. The van der Waals surface area contributed by atoms with Crippen LogP contribution in [0.2, 0.25) is 0 Å². The van der Waals surface area contributed by atoms with E-state index in [2.05, 4.69) is 29.6 Å². The molecule has 9 nitrogen and oxygen atoms in total. The van der Waals surface area contributed by atoms with Gasteiger partial charge in [0.05, 0.1) is 12.7 Å². The van der Waals surface area contributed by atoms with Crippen LogP contribution in [0, 0.1) is 0 Å². The van der Waals surface area contributed by atoms with Crippen LogP contribution in [-0.4, -0.2) is 33.1 Å². The molecule has 9 heteroatoms. The van der Waals surface area contributed by atoms with Crippen LogP contribution in [0.3, 0.4) is 0 Å². The highest BCUT2D eigenvalue weighted by Gasteiger charge is 2.14. The zero-order valence-electron chi connectivity index (χ0n) is 19.1. The molecule has 0 spiro atoms. The number of anilines is 2. The van der Waals surface area contributed by atoms with Gasteiger partial charge in [-0.2, -0.15) is 0 Å². The van der Waals surface area contributed by atoms with Gasteiger partial charge in [0.2, 0.25) is 5.91 Å². The monoisotopic (exact) mass is 459 g/mol. The first-order valence-corrected chi connectivity index (χ1v) is 10.8. The number of ether oxygens (including phenoxy) is 1. The smallest absolute Gasteiger partial charge is 0.350 e. The molecule has 0 aliphatic heterocycles. The summed E-state index contributed by atoms with van der Waals surface area (Å²) in [4.78, 5) is 38.0. The minimum atomic E-state index is -0.514. The summed E-state index contributed by atoms with van der Waals surface area (Å²) in [6.07, 6.45) is 1.41. The predicted octanol–water partition coefficient (Wildman–Crippen LogP) is 3.52. The molecule has 0 fully saturated rings. The number of carbonyl (C=O) groups is 2. The Morgan fingerprint density at radius 3 is 2.47 bits per heavy atom. The van der Waals surface area contributed by atoms with Crippen molar-refractivity contribution in [3.05, 3.63) is 88.5 Å². The lowest BCUT2D eigenvalue weighted by Gasteiger charge is -2.09. The lowest BCUT2D eigenvalue weighted by molar-refractivity contribution is -0.117. The Morgan fingerprint density at radius 2 is 1.76 bits per heavy atom. The molecule has 0 atom stereocenters. The molecule has 0 bridgehead atoms. The predicted molar refractivity (Wildman–Crippen MR) is 130 cm³/mol. The minimum absolute atomic E-state index is 0.250. The molecule has 2 aromatic heterocycles. The van der Waals surface area contributed by atoms with Crippen molar-refractivity contribution >= 4 is 28.8 Å². The Bertz CT molecular complexity index is 1400. The van der Waals surface area contributed by atoms with Crippen LogP contribution in [-0.2, 0) is 11.3 Å². The van der Waals surface area contributed by atoms with E-state index in [9.17, 15) is 14.4 Å². The molecule has 0 saturated carbocycles. The summed E-state index contributed by atoms with van der Waals surface area (Å²) in [6.45, 7) is 3.89. The molecule has 4 aromatic rings. The summed E-state index contributed by atoms with van der Waals surface area (Å²) in [6, 6.07) is 17.6. The van der Waals surface area contributed by atoms with E-state index >= 15 is 0 Å². The highest BCUT2D eigenvalue weighted by atomic mass is 16.5. The zero-order valence-corrected chi connectivity index (χ0v) is 19.1. The van der Waals surface area contributed by atoms with Crippen molar-refractivity contribution in [1.29, 1.82) is 0 Å². The minimum Gasteiger partial charge on any atom is -0.497 e. The number of carbonyl (C=O) groups excluding carboxylic acids is 2. The fourth-order valence-electron chi connectivity index (χ4n) is 3.45. The van der Waals surface area contributed by atoms with Gasteiger partial charge in [0.25, 0.3) is 5.91 Å². The average molecular weight is 460 g/mol. The summed E-state index contributed by atoms with van der Waals surface area (Å²) in [5.41, 5.74) is 2.45. The summed E-state index contributed by atoms with van der Waals surface area (Å²) < 4.78 is 7.43. The summed E-state index contributed by atoms with van der Waals surface area (Å²) in [7, 11) is 1.56. The number of amides is 2. The van der Waals surface area contributed by atoms with Gasteiger partial charge in [-0.05, 0) is 60.0 Å². The van der Waals surface area contributed by atoms with Gasteiger partial charge in [-0.25, -0.2) is 13.9 Å². The van der Waals surface area contributed by atoms with E-state index in [1.54, 1.807) is 49.6 Å². The van der Waals surface area contributed by atoms with Gasteiger partial charge in [-0.15, -0.1) is 5.10 Å². The van der Waals surface area contributed by atoms with Crippen LogP contribution in [0.25, 0.3) is 5.65 Å². The van der Waals surface area contributed by atoms with Gasteiger partial charge < -0.3 is 15.4 Å². The topological polar surface area (TPSA) is 107 Å². The van der Waals surface area contributed by atoms with Crippen LogP contribution in [0.4, 0.5) is 11.4 Å². The van der Waals surface area contributed by atoms with Crippen molar-refractivity contribution in [2.45, 2.75) is 26.3 Å². The quantitative estimate of drug-likeness (QED) is 0.440. The molecule has 174 valence electrons. The molecule has 2 aromatic carbocycles. The highest BCUT2D eigenvalue weighted by Crippen LogP contribution is 2.19. The third-order valence-corrected chi connectivity index (χ3v) is 5.32. The standard InChI is InChI=1S/C25H25N5O4/c1-16(2)17-5-4-6-20(13-17)26-23(31)15-30-25(33)29-14-18(7-12-22(29)28-30)24(32)27-19-8-10-21(34-3)11-9-19/h4-14,16H,15H2,1-3H3,(H,26,31)(H,27,32). The van der Waals surface area contributed by atoms with E-state index in [1.807, 2.05) is 18.2 Å². The molecule has 0 unspecified atom stereocenters. The van der Waals surface area contributed by atoms with Crippen molar-refractivity contribution in [1.82, 2.24) is 14.2 Å². The van der Waals surface area contributed by atoms with Crippen LogP contribution in [0.1, 0.15) is 35.7 Å². The van der Waals surface area contributed by atoms with Crippen molar-refractivity contribution in [3.8, 4) is 5.75 Å². The van der Waals surface area contributed by atoms with Gasteiger partial charge in [-0.3, -0.25) is 9.59 Å². The van der Waals surface area contributed by atoms with E-state index in [0.717, 1.165) is 10.2 Å². The lowest BCUT2D eigenvalue weighted by Crippen LogP contribution is -2.28. The molecule has 0 aliphatic carbocycles. The summed E-state index contributed by atoms with van der Waals surface area (Å²) in [5.74, 6) is 0.252. The first-order chi connectivity index (χ1) is 16.3. The second-order valence-electron chi connectivity index (χ2n) is 8.10. The normalized spacial score (nSPS) is 10.9. The molecular weight excluding hydrogens is 434 g/mol. The molecule has 0 radical (unpaired) electrons. The lowest BCUT2D eigenvalue weighted by atomic mass is 10.0. The van der Waals surface area contributed by atoms with Crippen LogP contribution in [0.15, 0.2) is 71.7 Å². The molecule has 4 rings (SSSR count). The van der Waals surface area contributed by atoms with Crippen LogP contribution in [0.5, 0.6) is 5.75 Å². The highest BCUT2D eigenvalue weighted by molar-refractivity contribution is 6.04. The van der Waals surface area contributed by atoms with Crippen molar-refractivity contribution in [2.75, 3.05) is 17.7 Å². The number of hydrogen-bond donors (Lipinski definition) is 2. The Kier molecular flexibility index (Phi) is 6.44. The number of fused-ring (bicyclic) bond motifs is 1. The van der Waals surface area contributed by atoms with Crippen molar-refractivity contribution < 1.29 is 14.3 Å². The average Bonchev–Trinajstić information content (AvgIpc) is 3.14. The third kappa shape index (κ3) is 4.98. The molecule has 2 N–H and O–H groups in total. The van der Waals surface area contributed by atoms with Crippen molar-refractivity contribution in [2.24, 2.45) is 0 Å². The molecule has 34 heavy (non-hydrogen) atoms. The fraction of sp³-hybridized carbons (Fsp3) is 0.200. The Balaban J connectivity index is 1.49. The van der Waals surface area contributed by atoms with Gasteiger partial charge in [0.15, 0.2) is 5.65 Å². The summed E-state index contributed by atoms with van der Waals surface area (Å²) in [5, 5.41) is 9.78. The third-order valence-electron chi connectivity index (χ3n) is 5.32. The maximum absolute atomic E-state index is 12.8. The number of aromatic nitrogens is 3. The van der Waals surface area contributed by atoms with E-state index in [1.165, 1.54) is 10.6 Å². The Morgan fingerprint density at radius 1 is 1.00 bits per heavy atom. The van der Waals surface area contributed by atoms with Gasteiger partial charge in [0, 0.05) is 17.6 Å². The molecule has 2 heterocycles. The SMILES string of the molecule is COc1ccc(NC(=O)c2ccc3nn(CC(=O)Nc4cccc(C(C)C)c4)c(=O)n3c2)cc1. The largest absolute Gasteiger partial charge is 0.497 e.